The minimum atomic E-state index is -0.874. The molecule has 0 saturated heterocycles. The second kappa shape index (κ2) is 5.44. The van der Waals surface area contributed by atoms with Gasteiger partial charge in [0.25, 0.3) is 0 Å². The van der Waals surface area contributed by atoms with Crippen LogP contribution in [-0.2, 0) is 11.2 Å². The fourth-order valence-electron chi connectivity index (χ4n) is 2.66. The number of carboxylic acids is 1. The highest BCUT2D eigenvalue weighted by molar-refractivity contribution is 5.85. The molecule has 0 saturated carbocycles. The molecule has 3 rings (SSSR count). The minimum absolute atomic E-state index is 0.357. The molecule has 0 aromatic heterocycles. The van der Waals surface area contributed by atoms with Crippen LogP contribution >= 0.6 is 0 Å². The number of aliphatic carboxylic acids is 1. The first-order valence-electron chi connectivity index (χ1n) is 7.00. The maximum Gasteiger partial charge on any atom is 0.331 e. The molecular weight excluding hydrogens is 262 g/mol. The first-order chi connectivity index (χ1) is 10.1. The van der Waals surface area contributed by atoms with Gasteiger partial charge >= 0.3 is 5.97 Å². The van der Waals surface area contributed by atoms with Gasteiger partial charge in [-0.05, 0) is 47.7 Å². The van der Waals surface area contributed by atoms with Crippen LogP contribution in [-0.4, -0.2) is 17.6 Å². The van der Waals surface area contributed by atoms with Crippen molar-refractivity contribution in [1.82, 2.24) is 0 Å². The average Bonchev–Trinajstić information content (AvgIpc) is 2.84. The van der Waals surface area contributed by atoms with Crippen molar-refractivity contribution >= 4 is 11.7 Å². The van der Waals surface area contributed by atoms with E-state index in [4.69, 9.17) is 5.11 Å². The zero-order chi connectivity index (χ0) is 14.8. The molecule has 3 nitrogen and oxygen atoms in total. The summed E-state index contributed by atoms with van der Waals surface area (Å²) in [6.07, 6.45) is 2.65. The summed E-state index contributed by atoms with van der Waals surface area (Å²) in [6, 6.07) is 14.8. The second-order valence-corrected chi connectivity index (χ2v) is 5.28. The standard InChI is InChI=1S/C18H17NO2/c1-12(18(20)21)8-9-19-15-6-7-17-14(11-15)10-13-4-2-3-5-16(13)17/h2-8,11,19H,9-10H2,1H3,(H,20,21)/b12-8-. The van der Waals surface area contributed by atoms with Crippen LogP contribution in [0.25, 0.3) is 11.1 Å². The Morgan fingerprint density at radius 3 is 2.76 bits per heavy atom. The summed E-state index contributed by atoms with van der Waals surface area (Å²) in [5, 5.41) is 12.1. The Bertz CT molecular complexity index is 732. The summed E-state index contributed by atoms with van der Waals surface area (Å²) >= 11 is 0. The number of hydrogen-bond donors (Lipinski definition) is 2. The molecule has 0 atom stereocenters. The zero-order valence-electron chi connectivity index (χ0n) is 11.9. The van der Waals surface area contributed by atoms with Crippen LogP contribution in [0.1, 0.15) is 18.1 Å². The van der Waals surface area contributed by atoms with Crippen LogP contribution in [0, 0.1) is 0 Å². The molecule has 0 aliphatic heterocycles. The Kier molecular flexibility index (Phi) is 3.48. The van der Waals surface area contributed by atoms with Crippen LogP contribution in [0.3, 0.4) is 0 Å². The van der Waals surface area contributed by atoms with E-state index in [9.17, 15) is 4.79 Å². The van der Waals surface area contributed by atoms with Crippen molar-refractivity contribution in [2.45, 2.75) is 13.3 Å². The maximum atomic E-state index is 10.7. The summed E-state index contributed by atoms with van der Waals surface area (Å²) in [4.78, 5) is 10.7. The van der Waals surface area contributed by atoms with E-state index < -0.39 is 5.97 Å². The van der Waals surface area contributed by atoms with E-state index in [1.165, 1.54) is 22.3 Å². The van der Waals surface area contributed by atoms with Gasteiger partial charge < -0.3 is 10.4 Å². The largest absolute Gasteiger partial charge is 0.478 e. The molecule has 0 amide bonds. The fraction of sp³-hybridized carbons (Fsp3) is 0.167. The molecule has 2 N–H and O–H groups in total. The van der Waals surface area contributed by atoms with Gasteiger partial charge in [-0.25, -0.2) is 4.79 Å². The van der Waals surface area contributed by atoms with Crippen molar-refractivity contribution in [2.75, 3.05) is 11.9 Å². The van der Waals surface area contributed by atoms with Crippen molar-refractivity contribution in [3.05, 3.63) is 65.2 Å². The van der Waals surface area contributed by atoms with Gasteiger partial charge in [-0.3, -0.25) is 0 Å². The van der Waals surface area contributed by atoms with Crippen molar-refractivity contribution < 1.29 is 9.90 Å². The molecule has 0 radical (unpaired) electrons. The van der Waals surface area contributed by atoms with Crippen molar-refractivity contribution in [2.24, 2.45) is 0 Å². The molecule has 0 heterocycles. The topological polar surface area (TPSA) is 49.3 Å². The molecule has 1 aliphatic carbocycles. The van der Waals surface area contributed by atoms with Gasteiger partial charge in [0.2, 0.25) is 0 Å². The Morgan fingerprint density at radius 1 is 1.19 bits per heavy atom. The highest BCUT2D eigenvalue weighted by atomic mass is 16.4. The van der Waals surface area contributed by atoms with E-state index in [-0.39, 0.29) is 0 Å². The van der Waals surface area contributed by atoms with Gasteiger partial charge in [0.05, 0.1) is 0 Å². The predicted octanol–water partition coefficient (Wildman–Crippen LogP) is 3.70. The first-order valence-corrected chi connectivity index (χ1v) is 7.00. The Labute approximate surface area is 123 Å². The third-order valence-electron chi connectivity index (χ3n) is 3.85. The predicted molar refractivity (Wildman–Crippen MR) is 84.6 cm³/mol. The summed E-state index contributed by atoms with van der Waals surface area (Å²) in [6.45, 7) is 2.12. The molecule has 3 heteroatoms. The summed E-state index contributed by atoms with van der Waals surface area (Å²) in [7, 11) is 0. The highest BCUT2D eigenvalue weighted by Gasteiger charge is 2.17. The molecule has 21 heavy (non-hydrogen) atoms. The molecule has 106 valence electrons. The molecule has 2 aromatic carbocycles. The van der Waals surface area contributed by atoms with Gasteiger partial charge in [-0.15, -0.1) is 0 Å². The number of hydrogen-bond acceptors (Lipinski definition) is 2. The lowest BCUT2D eigenvalue weighted by Gasteiger charge is -2.07. The van der Waals surface area contributed by atoms with Crippen LogP contribution in [0.4, 0.5) is 5.69 Å². The summed E-state index contributed by atoms with van der Waals surface area (Å²) in [5.74, 6) is -0.874. The van der Waals surface area contributed by atoms with Gasteiger partial charge in [0.1, 0.15) is 0 Å². The maximum absolute atomic E-state index is 10.7. The first kappa shape index (κ1) is 13.4. The minimum Gasteiger partial charge on any atom is -0.478 e. The van der Waals surface area contributed by atoms with Gasteiger partial charge in [-0.1, -0.05) is 36.4 Å². The normalized spacial score (nSPS) is 12.7. The fourth-order valence-corrected chi connectivity index (χ4v) is 2.66. The van der Waals surface area contributed by atoms with Gasteiger partial charge in [0, 0.05) is 17.8 Å². The molecule has 0 fully saturated rings. The van der Waals surface area contributed by atoms with Crippen LogP contribution in [0.5, 0.6) is 0 Å². The van der Waals surface area contributed by atoms with Crippen LogP contribution in [0.15, 0.2) is 54.1 Å². The monoisotopic (exact) mass is 279 g/mol. The molecule has 0 bridgehead atoms. The van der Waals surface area contributed by atoms with Crippen LogP contribution in [0.2, 0.25) is 0 Å². The third kappa shape index (κ3) is 2.68. The number of anilines is 1. The number of carboxylic acid groups (broad SMARTS) is 1. The lowest BCUT2D eigenvalue weighted by molar-refractivity contribution is -0.132. The zero-order valence-corrected chi connectivity index (χ0v) is 11.9. The van der Waals surface area contributed by atoms with Crippen molar-refractivity contribution in [3.8, 4) is 11.1 Å². The molecule has 0 spiro atoms. The molecular formula is C18H17NO2. The average molecular weight is 279 g/mol. The SMILES string of the molecule is C/C(=C/CNc1ccc2c(c1)Cc1ccccc1-2)C(=O)O. The highest BCUT2D eigenvalue weighted by Crippen LogP contribution is 2.37. The van der Waals surface area contributed by atoms with E-state index in [2.05, 4.69) is 41.7 Å². The van der Waals surface area contributed by atoms with Gasteiger partial charge in [-0.2, -0.15) is 0 Å². The van der Waals surface area contributed by atoms with E-state index >= 15 is 0 Å². The lowest BCUT2D eigenvalue weighted by atomic mass is 10.1. The summed E-state index contributed by atoms with van der Waals surface area (Å²) < 4.78 is 0. The summed E-state index contributed by atoms with van der Waals surface area (Å²) in [5.41, 5.74) is 6.69. The Hall–Kier alpha value is -2.55. The molecule has 0 unspecified atom stereocenters. The van der Waals surface area contributed by atoms with E-state index in [0.717, 1.165) is 12.1 Å². The van der Waals surface area contributed by atoms with Crippen molar-refractivity contribution in [3.63, 3.8) is 0 Å². The Morgan fingerprint density at radius 2 is 1.95 bits per heavy atom. The molecule has 2 aromatic rings. The second-order valence-electron chi connectivity index (χ2n) is 5.28. The van der Waals surface area contributed by atoms with Crippen molar-refractivity contribution in [1.29, 1.82) is 0 Å². The number of nitrogens with one attached hydrogen (secondary N) is 1. The van der Waals surface area contributed by atoms with E-state index in [1.807, 2.05) is 6.07 Å². The number of fused-ring (bicyclic) bond motifs is 3. The quantitative estimate of drug-likeness (QED) is 0.716. The lowest BCUT2D eigenvalue weighted by Crippen LogP contribution is -2.03. The Balaban J connectivity index is 1.75. The van der Waals surface area contributed by atoms with Crippen LogP contribution < -0.4 is 5.32 Å². The number of benzene rings is 2. The molecule has 1 aliphatic rings. The number of carbonyl (C=O) groups is 1. The smallest absolute Gasteiger partial charge is 0.331 e. The van der Waals surface area contributed by atoms with E-state index in [0.29, 0.717) is 12.1 Å². The number of rotatable bonds is 4. The van der Waals surface area contributed by atoms with E-state index in [1.54, 1.807) is 13.0 Å². The van der Waals surface area contributed by atoms with Gasteiger partial charge in [0.15, 0.2) is 0 Å². The third-order valence-corrected chi connectivity index (χ3v) is 3.85.